The zero-order chi connectivity index (χ0) is 8.97. The lowest BCUT2D eigenvalue weighted by Gasteiger charge is -2.08. The lowest BCUT2D eigenvalue weighted by atomic mass is 10.0. The third-order valence-electron chi connectivity index (χ3n) is 1.85. The van der Waals surface area contributed by atoms with Gasteiger partial charge in [0.15, 0.2) is 0 Å². The average Bonchev–Trinajstić information content (AvgIpc) is 2.16. The van der Waals surface area contributed by atoms with Gasteiger partial charge in [-0.05, 0) is 18.1 Å². The average molecular weight is 164 g/mol. The highest BCUT2D eigenvalue weighted by Crippen LogP contribution is 2.17. The van der Waals surface area contributed by atoms with Crippen molar-refractivity contribution in [1.82, 2.24) is 0 Å². The number of anilines is 1. The first-order valence-electron chi connectivity index (χ1n) is 3.87. The van der Waals surface area contributed by atoms with Gasteiger partial charge in [-0.15, -0.1) is 0 Å². The number of carbonyl (C=O) groups is 1. The van der Waals surface area contributed by atoms with Crippen molar-refractivity contribution in [2.45, 2.75) is 13.3 Å². The van der Waals surface area contributed by atoms with Crippen LogP contribution in [0.15, 0.2) is 18.2 Å². The van der Waals surface area contributed by atoms with Crippen molar-refractivity contribution in [2.24, 2.45) is 5.84 Å². The Morgan fingerprint density at radius 1 is 1.58 bits per heavy atom. The van der Waals surface area contributed by atoms with Gasteiger partial charge in [-0.3, -0.25) is 10.6 Å². The normalized spacial score (nSPS) is 9.50. The second-order valence-electron chi connectivity index (χ2n) is 2.49. The quantitative estimate of drug-likeness (QED) is 0.403. The lowest BCUT2D eigenvalue weighted by Crippen LogP contribution is -2.10. The molecule has 0 aliphatic heterocycles. The molecule has 0 fully saturated rings. The molecule has 0 unspecified atom stereocenters. The maximum atomic E-state index is 10.6. The molecule has 3 N–H and O–H groups in total. The van der Waals surface area contributed by atoms with E-state index in [-0.39, 0.29) is 0 Å². The van der Waals surface area contributed by atoms with Crippen molar-refractivity contribution >= 4 is 12.0 Å². The topological polar surface area (TPSA) is 55.1 Å². The van der Waals surface area contributed by atoms with Gasteiger partial charge in [0.2, 0.25) is 0 Å². The Kier molecular flexibility index (Phi) is 2.82. The Hall–Kier alpha value is -1.35. The monoisotopic (exact) mass is 164 g/mol. The molecule has 0 saturated carbocycles. The van der Waals surface area contributed by atoms with Crippen molar-refractivity contribution in [1.29, 1.82) is 0 Å². The van der Waals surface area contributed by atoms with Crippen LogP contribution in [0.3, 0.4) is 0 Å². The van der Waals surface area contributed by atoms with Crippen LogP contribution in [-0.2, 0) is 6.42 Å². The highest BCUT2D eigenvalue weighted by Gasteiger charge is 2.03. The molecule has 0 aliphatic carbocycles. The van der Waals surface area contributed by atoms with E-state index in [0.29, 0.717) is 5.56 Å². The predicted octanol–water partition coefficient (Wildman–Crippen LogP) is 1.35. The molecule has 1 aromatic rings. The SMILES string of the molecule is CCc1c(C=O)cccc1NN. The molecule has 0 atom stereocenters. The van der Waals surface area contributed by atoms with Gasteiger partial charge >= 0.3 is 0 Å². The molecule has 0 heterocycles. The molecule has 12 heavy (non-hydrogen) atoms. The molecule has 0 spiro atoms. The number of rotatable bonds is 3. The van der Waals surface area contributed by atoms with E-state index < -0.39 is 0 Å². The van der Waals surface area contributed by atoms with E-state index in [1.165, 1.54) is 0 Å². The standard InChI is InChI=1S/C9H12N2O/c1-2-8-7(6-12)4-3-5-9(8)11-10/h3-6,11H,2,10H2,1H3. The molecule has 0 saturated heterocycles. The third-order valence-corrected chi connectivity index (χ3v) is 1.85. The first kappa shape index (κ1) is 8.74. The zero-order valence-corrected chi connectivity index (χ0v) is 7.00. The second-order valence-corrected chi connectivity index (χ2v) is 2.49. The number of hydrazine groups is 1. The van der Waals surface area contributed by atoms with Crippen molar-refractivity contribution in [3.8, 4) is 0 Å². The van der Waals surface area contributed by atoms with Gasteiger partial charge in [0.25, 0.3) is 0 Å². The minimum absolute atomic E-state index is 0.702. The number of benzene rings is 1. The number of carbonyl (C=O) groups excluding carboxylic acids is 1. The van der Waals surface area contributed by atoms with Crippen molar-refractivity contribution < 1.29 is 4.79 Å². The Morgan fingerprint density at radius 2 is 2.33 bits per heavy atom. The van der Waals surface area contributed by atoms with Crippen LogP contribution in [0.1, 0.15) is 22.8 Å². The molecule has 0 bridgehead atoms. The van der Waals surface area contributed by atoms with Gasteiger partial charge in [-0.1, -0.05) is 19.1 Å². The van der Waals surface area contributed by atoms with Gasteiger partial charge in [0.05, 0.1) is 5.69 Å². The Morgan fingerprint density at radius 3 is 2.83 bits per heavy atom. The van der Waals surface area contributed by atoms with E-state index in [1.54, 1.807) is 12.1 Å². The summed E-state index contributed by atoms with van der Waals surface area (Å²) >= 11 is 0. The fraction of sp³-hybridized carbons (Fsp3) is 0.222. The molecule has 3 nitrogen and oxygen atoms in total. The van der Waals surface area contributed by atoms with Crippen LogP contribution in [0.2, 0.25) is 0 Å². The highest BCUT2D eigenvalue weighted by molar-refractivity contribution is 5.80. The summed E-state index contributed by atoms with van der Waals surface area (Å²) in [5.74, 6) is 5.28. The summed E-state index contributed by atoms with van der Waals surface area (Å²) in [6, 6.07) is 5.44. The molecule has 0 aromatic heterocycles. The summed E-state index contributed by atoms with van der Waals surface area (Å²) in [5, 5.41) is 0. The number of aldehydes is 1. The van der Waals surface area contributed by atoms with E-state index in [9.17, 15) is 4.79 Å². The number of nitrogens with two attached hydrogens (primary N) is 1. The zero-order valence-electron chi connectivity index (χ0n) is 7.00. The molecule has 0 amide bonds. The van der Waals surface area contributed by atoms with Gasteiger partial charge in [0.1, 0.15) is 6.29 Å². The van der Waals surface area contributed by atoms with Crippen LogP contribution in [0.5, 0.6) is 0 Å². The first-order chi connectivity index (χ1) is 5.83. The largest absolute Gasteiger partial charge is 0.324 e. The van der Waals surface area contributed by atoms with E-state index in [4.69, 9.17) is 5.84 Å². The third kappa shape index (κ3) is 1.46. The lowest BCUT2D eigenvalue weighted by molar-refractivity contribution is 0.112. The minimum atomic E-state index is 0.702. The number of hydrogen-bond acceptors (Lipinski definition) is 3. The van der Waals surface area contributed by atoms with Gasteiger partial charge < -0.3 is 5.43 Å². The highest BCUT2D eigenvalue weighted by atomic mass is 16.1. The van der Waals surface area contributed by atoms with E-state index in [0.717, 1.165) is 24.0 Å². The van der Waals surface area contributed by atoms with Crippen LogP contribution in [0, 0.1) is 0 Å². The fourth-order valence-electron chi connectivity index (χ4n) is 1.24. The Bertz CT molecular complexity index is 284. The molecule has 1 aromatic carbocycles. The molecule has 64 valence electrons. The summed E-state index contributed by atoms with van der Waals surface area (Å²) in [7, 11) is 0. The maximum Gasteiger partial charge on any atom is 0.150 e. The van der Waals surface area contributed by atoms with Gasteiger partial charge in [-0.25, -0.2) is 0 Å². The summed E-state index contributed by atoms with van der Waals surface area (Å²) in [5.41, 5.74) is 5.05. The summed E-state index contributed by atoms with van der Waals surface area (Å²) in [4.78, 5) is 10.6. The van der Waals surface area contributed by atoms with Gasteiger partial charge in [0, 0.05) is 5.56 Å². The van der Waals surface area contributed by atoms with E-state index in [1.807, 2.05) is 13.0 Å². The summed E-state index contributed by atoms with van der Waals surface area (Å²) < 4.78 is 0. The maximum absolute atomic E-state index is 10.6. The fourth-order valence-corrected chi connectivity index (χ4v) is 1.24. The van der Waals surface area contributed by atoms with Crippen molar-refractivity contribution in [2.75, 3.05) is 5.43 Å². The van der Waals surface area contributed by atoms with Crippen molar-refractivity contribution in [3.63, 3.8) is 0 Å². The number of hydrogen-bond donors (Lipinski definition) is 2. The molecule has 1 rings (SSSR count). The first-order valence-corrected chi connectivity index (χ1v) is 3.87. The van der Waals surface area contributed by atoms with Crippen LogP contribution in [0.4, 0.5) is 5.69 Å². The predicted molar refractivity (Wildman–Crippen MR) is 49.0 cm³/mol. The Labute approximate surface area is 71.5 Å². The smallest absolute Gasteiger partial charge is 0.150 e. The van der Waals surface area contributed by atoms with Crippen LogP contribution < -0.4 is 11.3 Å². The minimum Gasteiger partial charge on any atom is -0.324 e. The molecule has 0 radical (unpaired) electrons. The Balaban J connectivity index is 3.21. The molecule has 0 aliphatic rings. The summed E-state index contributed by atoms with van der Waals surface area (Å²) in [6.07, 6.45) is 1.65. The van der Waals surface area contributed by atoms with Crippen LogP contribution in [-0.4, -0.2) is 6.29 Å². The number of nitrogen functional groups attached to an aromatic ring is 1. The second kappa shape index (κ2) is 3.88. The molecular formula is C9H12N2O. The molecular weight excluding hydrogens is 152 g/mol. The number of nitrogens with one attached hydrogen (secondary N) is 1. The molecule has 3 heteroatoms. The van der Waals surface area contributed by atoms with E-state index >= 15 is 0 Å². The van der Waals surface area contributed by atoms with Crippen LogP contribution in [0.25, 0.3) is 0 Å². The van der Waals surface area contributed by atoms with E-state index in [2.05, 4.69) is 5.43 Å². The van der Waals surface area contributed by atoms with Crippen molar-refractivity contribution in [3.05, 3.63) is 29.3 Å². The summed E-state index contributed by atoms with van der Waals surface area (Å²) in [6.45, 7) is 1.99. The van der Waals surface area contributed by atoms with Crippen LogP contribution >= 0.6 is 0 Å². The van der Waals surface area contributed by atoms with Gasteiger partial charge in [-0.2, -0.15) is 0 Å².